The summed E-state index contributed by atoms with van der Waals surface area (Å²) in [5.74, 6) is 7.15. The molecule has 38 heavy (non-hydrogen) atoms. The molecule has 10 rings (SSSR count). The number of ether oxygens (including phenoxy) is 2. The fourth-order valence-corrected chi connectivity index (χ4v) is 11.6. The van der Waals surface area contributed by atoms with Gasteiger partial charge in [0.2, 0.25) is 0 Å². The first-order chi connectivity index (χ1) is 18.5. The molecular formula is C34H44O4. The van der Waals surface area contributed by atoms with Gasteiger partial charge in [0.1, 0.15) is 24.7 Å². The van der Waals surface area contributed by atoms with E-state index in [9.17, 15) is 10.2 Å². The molecule has 8 fully saturated rings. The highest BCUT2D eigenvalue weighted by atomic mass is 16.5. The van der Waals surface area contributed by atoms with Crippen LogP contribution < -0.4 is 9.47 Å². The lowest BCUT2D eigenvalue weighted by Gasteiger charge is -2.57. The topological polar surface area (TPSA) is 58.9 Å². The van der Waals surface area contributed by atoms with E-state index < -0.39 is 0 Å². The number of aliphatic hydroxyl groups excluding tert-OH is 2. The molecule has 4 nitrogen and oxygen atoms in total. The Bertz CT molecular complexity index is 1160. The van der Waals surface area contributed by atoms with E-state index >= 15 is 0 Å². The van der Waals surface area contributed by atoms with Crippen LogP contribution in [-0.4, -0.2) is 36.6 Å². The van der Waals surface area contributed by atoms with Gasteiger partial charge in [-0.2, -0.15) is 0 Å². The third-order valence-corrected chi connectivity index (χ3v) is 12.0. The molecular weight excluding hydrogens is 472 g/mol. The van der Waals surface area contributed by atoms with Crippen LogP contribution in [0.2, 0.25) is 0 Å². The van der Waals surface area contributed by atoms with Gasteiger partial charge in [-0.25, -0.2) is 0 Å². The first-order valence-electron chi connectivity index (χ1n) is 15.6. The summed E-state index contributed by atoms with van der Waals surface area (Å²) < 4.78 is 12.6. The second-order valence-electron chi connectivity index (χ2n) is 14.6. The summed E-state index contributed by atoms with van der Waals surface area (Å²) in [7, 11) is 0. The molecule has 204 valence electrons. The van der Waals surface area contributed by atoms with Crippen molar-refractivity contribution in [1.29, 1.82) is 0 Å². The van der Waals surface area contributed by atoms with Gasteiger partial charge in [0.15, 0.2) is 0 Å². The molecule has 8 bridgehead atoms. The summed E-state index contributed by atoms with van der Waals surface area (Å²) in [5.41, 5.74) is 3.32. The quantitative estimate of drug-likeness (QED) is 0.420. The lowest BCUT2D eigenvalue weighted by atomic mass is 9.47. The first-order valence-corrected chi connectivity index (χ1v) is 15.6. The van der Waals surface area contributed by atoms with Gasteiger partial charge in [0, 0.05) is 5.56 Å². The number of fused-ring (bicyclic) bond motifs is 1. The monoisotopic (exact) mass is 516 g/mol. The summed E-state index contributed by atoms with van der Waals surface area (Å²) in [6.07, 6.45) is 16.4. The number of hydrogen-bond acceptors (Lipinski definition) is 4. The van der Waals surface area contributed by atoms with E-state index in [2.05, 4.69) is 24.3 Å². The second-order valence-corrected chi connectivity index (χ2v) is 14.6. The Balaban J connectivity index is 1.30. The Morgan fingerprint density at radius 2 is 1.05 bits per heavy atom. The molecule has 2 N–H and O–H groups in total. The average molecular weight is 517 g/mol. The molecule has 0 atom stereocenters. The maximum Gasteiger partial charge on any atom is 0.123 e. The van der Waals surface area contributed by atoms with Crippen LogP contribution in [0, 0.1) is 35.5 Å². The van der Waals surface area contributed by atoms with Gasteiger partial charge in [-0.1, -0.05) is 0 Å². The lowest BCUT2D eigenvalue weighted by molar-refractivity contribution is -0.00649. The number of rotatable bonds is 8. The third kappa shape index (κ3) is 3.76. The summed E-state index contributed by atoms with van der Waals surface area (Å²) in [6, 6.07) is 9.41. The zero-order chi connectivity index (χ0) is 25.5. The molecule has 0 aliphatic heterocycles. The minimum Gasteiger partial charge on any atom is -0.491 e. The van der Waals surface area contributed by atoms with Crippen LogP contribution in [0.3, 0.4) is 0 Å². The molecule has 0 heterocycles. The number of aliphatic hydroxyl groups is 2. The van der Waals surface area contributed by atoms with Crippen LogP contribution in [0.15, 0.2) is 24.3 Å². The van der Waals surface area contributed by atoms with Crippen LogP contribution in [0.1, 0.15) is 88.2 Å². The van der Waals surface area contributed by atoms with Crippen LogP contribution >= 0.6 is 0 Å². The van der Waals surface area contributed by atoms with Crippen LogP contribution in [-0.2, 0) is 10.8 Å². The number of benzene rings is 2. The van der Waals surface area contributed by atoms with Crippen molar-refractivity contribution >= 4 is 10.8 Å². The summed E-state index contributed by atoms with van der Waals surface area (Å²) >= 11 is 0. The summed E-state index contributed by atoms with van der Waals surface area (Å²) in [4.78, 5) is 0. The van der Waals surface area contributed by atoms with E-state index in [1.807, 2.05) is 0 Å². The van der Waals surface area contributed by atoms with Gasteiger partial charge in [0.25, 0.3) is 0 Å². The molecule has 0 radical (unpaired) electrons. The Kier molecular flexibility index (Phi) is 5.61. The zero-order valence-corrected chi connectivity index (χ0v) is 22.8. The molecule has 0 unspecified atom stereocenters. The minimum absolute atomic E-state index is 0.0389. The van der Waals surface area contributed by atoms with E-state index in [1.54, 1.807) is 0 Å². The zero-order valence-electron chi connectivity index (χ0n) is 22.8. The fraction of sp³-hybridized carbons (Fsp3) is 0.706. The summed E-state index contributed by atoms with van der Waals surface area (Å²) in [5, 5.41) is 21.9. The Morgan fingerprint density at radius 1 is 0.579 bits per heavy atom. The molecule has 2 aromatic carbocycles. The normalized spacial score (nSPS) is 40.3. The molecule has 8 aliphatic carbocycles. The van der Waals surface area contributed by atoms with Crippen molar-refractivity contribution in [3.8, 4) is 11.5 Å². The highest BCUT2D eigenvalue weighted by molar-refractivity contribution is 5.91. The lowest BCUT2D eigenvalue weighted by Crippen LogP contribution is -2.49. The molecule has 0 aromatic heterocycles. The van der Waals surface area contributed by atoms with Crippen LogP contribution in [0.4, 0.5) is 0 Å². The third-order valence-electron chi connectivity index (χ3n) is 12.0. The van der Waals surface area contributed by atoms with Crippen LogP contribution in [0.5, 0.6) is 11.5 Å². The molecule has 0 saturated heterocycles. The average Bonchev–Trinajstić information content (AvgIpc) is 2.88. The second kappa shape index (κ2) is 8.86. The van der Waals surface area contributed by atoms with E-state index in [0.29, 0.717) is 13.2 Å². The molecule has 0 amide bonds. The van der Waals surface area contributed by atoms with Gasteiger partial charge in [-0.3, -0.25) is 0 Å². The van der Waals surface area contributed by atoms with E-state index in [0.717, 1.165) is 47.0 Å². The smallest absolute Gasteiger partial charge is 0.123 e. The molecule has 2 aromatic rings. The van der Waals surface area contributed by atoms with Crippen molar-refractivity contribution < 1.29 is 19.7 Å². The minimum atomic E-state index is 0.0389. The van der Waals surface area contributed by atoms with E-state index in [4.69, 9.17) is 9.47 Å². The molecule has 8 aliphatic rings. The van der Waals surface area contributed by atoms with Crippen molar-refractivity contribution in [2.45, 2.75) is 87.9 Å². The van der Waals surface area contributed by atoms with Crippen molar-refractivity contribution in [3.05, 3.63) is 35.4 Å². The largest absolute Gasteiger partial charge is 0.491 e. The maximum atomic E-state index is 9.73. The number of hydrogen-bond donors (Lipinski definition) is 2. The Labute approximate surface area is 227 Å². The highest BCUT2D eigenvalue weighted by Gasteiger charge is 2.54. The van der Waals surface area contributed by atoms with Gasteiger partial charge >= 0.3 is 0 Å². The van der Waals surface area contributed by atoms with Gasteiger partial charge in [0.05, 0.1) is 13.2 Å². The van der Waals surface area contributed by atoms with E-state index in [-0.39, 0.29) is 24.0 Å². The SMILES string of the molecule is OCCOc1cc(C23CC4CC(CC(C4)C2)C3)c2cc(OCCO)c(C34CC5CC(CC(C5)C3)C4)cc2c1. The molecule has 0 spiro atoms. The van der Waals surface area contributed by atoms with Crippen molar-refractivity contribution in [1.82, 2.24) is 0 Å². The summed E-state index contributed by atoms with van der Waals surface area (Å²) in [6.45, 7) is 0.784. The van der Waals surface area contributed by atoms with Crippen molar-refractivity contribution in [2.75, 3.05) is 26.4 Å². The maximum absolute atomic E-state index is 9.73. The van der Waals surface area contributed by atoms with Crippen LogP contribution in [0.25, 0.3) is 10.8 Å². The highest BCUT2D eigenvalue weighted by Crippen LogP contribution is 2.64. The van der Waals surface area contributed by atoms with E-state index in [1.165, 1.54) is 98.9 Å². The Morgan fingerprint density at radius 3 is 1.55 bits per heavy atom. The van der Waals surface area contributed by atoms with Crippen molar-refractivity contribution in [2.24, 2.45) is 35.5 Å². The van der Waals surface area contributed by atoms with Crippen molar-refractivity contribution in [3.63, 3.8) is 0 Å². The first kappa shape index (κ1) is 24.1. The fourth-order valence-electron chi connectivity index (χ4n) is 11.6. The predicted molar refractivity (Wildman–Crippen MR) is 149 cm³/mol. The predicted octanol–water partition coefficient (Wildman–Crippen LogP) is 6.52. The van der Waals surface area contributed by atoms with Gasteiger partial charge in [-0.05, 0) is 164 Å². The molecule has 8 saturated carbocycles. The molecule has 4 heteroatoms. The Hall–Kier alpha value is -1.78. The van der Waals surface area contributed by atoms with Gasteiger partial charge in [-0.15, -0.1) is 0 Å². The standard InChI is InChI=1S/C34H44O4/c35-1-3-37-28-11-27-12-31(34-18-24-8-25(19-34)10-26(9-24)20-34)32(38-4-2-36)14-29(27)30(13-28)33-15-21-5-22(16-33)7-23(6-21)17-33/h11-14,21-26,35-36H,1-10,15-20H2. The van der Waals surface area contributed by atoms with Gasteiger partial charge < -0.3 is 19.7 Å².